The van der Waals surface area contributed by atoms with Crippen molar-refractivity contribution in [2.24, 2.45) is 0 Å². The molecule has 1 saturated heterocycles. The molecule has 4 nitrogen and oxygen atoms in total. The summed E-state index contributed by atoms with van der Waals surface area (Å²) in [5.41, 5.74) is 1.64. The third-order valence-electron chi connectivity index (χ3n) is 3.07. The van der Waals surface area contributed by atoms with Crippen molar-refractivity contribution in [2.75, 3.05) is 24.5 Å². The highest BCUT2D eigenvalue weighted by molar-refractivity contribution is 5.55. The third-order valence-corrected chi connectivity index (χ3v) is 3.07. The van der Waals surface area contributed by atoms with Crippen molar-refractivity contribution in [2.45, 2.75) is 26.3 Å². The Morgan fingerprint density at radius 1 is 1.53 bits per heavy atom. The van der Waals surface area contributed by atoms with E-state index in [0.29, 0.717) is 11.6 Å². The first-order chi connectivity index (χ1) is 8.26. The van der Waals surface area contributed by atoms with E-state index >= 15 is 0 Å². The van der Waals surface area contributed by atoms with Gasteiger partial charge in [-0.3, -0.25) is 0 Å². The molecule has 0 unspecified atom stereocenters. The lowest BCUT2D eigenvalue weighted by Gasteiger charge is -2.39. The molecule has 17 heavy (non-hydrogen) atoms. The van der Waals surface area contributed by atoms with Gasteiger partial charge in [-0.2, -0.15) is 5.26 Å². The average molecular weight is 230 g/mol. The largest absolute Gasteiger partial charge is 0.350 e. The third kappa shape index (κ3) is 2.40. The lowest BCUT2D eigenvalue weighted by atomic mass is 10.1. The first kappa shape index (κ1) is 11.9. The minimum atomic E-state index is 0.483. The van der Waals surface area contributed by atoms with Crippen LogP contribution in [0.3, 0.4) is 0 Å². The lowest BCUT2D eigenvalue weighted by molar-refractivity contribution is 0.410. The Bertz CT molecular complexity index is 432. The van der Waals surface area contributed by atoms with Crippen LogP contribution in [0.4, 0.5) is 5.82 Å². The van der Waals surface area contributed by atoms with Crippen LogP contribution in [0.2, 0.25) is 0 Å². The fraction of sp³-hybridized carbons (Fsp3) is 0.538. The predicted octanol–water partition coefficient (Wildman–Crippen LogP) is 1.45. The molecule has 2 rings (SSSR count). The van der Waals surface area contributed by atoms with E-state index < -0.39 is 0 Å². The second-order valence-electron chi connectivity index (χ2n) is 4.44. The summed E-state index contributed by atoms with van der Waals surface area (Å²) in [4.78, 5) is 6.81. The maximum Gasteiger partial charge on any atom is 0.147 e. The van der Waals surface area contributed by atoms with Crippen molar-refractivity contribution in [1.29, 1.82) is 5.26 Å². The molecule has 4 heteroatoms. The summed E-state index contributed by atoms with van der Waals surface area (Å²) >= 11 is 0. The maximum absolute atomic E-state index is 9.17. The molecule has 0 aromatic carbocycles. The molecule has 0 amide bonds. The molecule has 0 spiro atoms. The van der Waals surface area contributed by atoms with E-state index in [0.717, 1.165) is 37.6 Å². The van der Waals surface area contributed by atoms with E-state index in [1.165, 1.54) is 0 Å². The average Bonchev–Trinajstić information content (AvgIpc) is 2.26. The quantitative estimate of drug-likeness (QED) is 0.850. The highest BCUT2D eigenvalue weighted by Crippen LogP contribution is 2.22. The van der Waals surface area contributed by atoms with Crippen molar-refractivity contribution < 1.29 is 0 Å². The van der Waals surface area contributed by atoms with Crippen LogP contribution >= 0.6 is 0 Å². The fourth-order valence-electron chi connectivity index (χ4n) is 2.05. The highest BCUT2D eigenvalue weighted by Gasteiger charge is 2.26. The first-order valence-corrected chi connectivity index (χ1v) is 6.11. The highest BCUT2D eigenvalue weighted by atomic mass is 15.3. The van der Waals surface area contributed by atoms with Gasteiger partial charge in [0.2, 0.25) is 0 Å². The monoisotopic (exact) mass is 230 g/mol. The van der Waals surface area contributed by atoms with Gasteiger partial charge in [-0.25, -0.2) is 4.98 Å². The van der Waals surface area contributed by atoms with Crippen LogP contribution in [0, 0.1) is 18.3 Å². The summed E-state index contributed by atoms with van der Waals surface area (Å²) in [6.45, 7) is 7.05. The van der Waals surface area contributed by atoms with Gasteiger partial charge in [0.05, 0.1) is 11.6 Å². The van der Waals surface area contributed by atoms with Gasteiger partial charge < -0.3 is 10.2 Å². The number of aromatic nitrogens is 1. The number of anilines is 1. The van der Waals surface area contributed by atoms with Crippen molar-refractivity contribution in [3.05, 3.63) is 23.4 Å². The molecule has 0 saturated carbocycles. The van der Waals surface area contributed by atoms with Gasteiger partial charge in [-0.1, -0.05) is 6.92 Å². The molecule has 0 bridgehead atoms. The molecule has 1 aliphatic heterocycles. The number of aryl methyl sites for hydroxylation is 1. The number of nitrogens with zero attached hydrogens (tertiary/aromatic N) is 3. The summed E-state index contributed by atoms with van der Waals surface area (Å²) in [6.07, 6.45) is 1.07. The zero-order valence-electron chi connectivity index (χ0n) is 10.4. The Balaban J connectivity index is 2.33. The second kappa shape index (κ2) is 5.15. The molecule has 0 radical (unpaired) electrons. The van der Waals surface area contributed by atoms with Gasteiger partial charge in [-0.15, -0.1) is 0 Å². The molecule has 0 aliphatic carbocycles. The molecule has 1 aromatic heterocycles. The zero-order chi connectivity index (χ0) is 12.3. The van der Waals surface area contributed by atoms with Crippen LogP contribution in [-0.2, 0) is 0 Å². The van der Waals surface area contributed by atoms with Gasteiger partial charge in [0.1, 0.15) is 11.9 Å². The van der Waals surface area contributed by atoms with Crippen molar-refractivity contribution in [3.8, 4) is 6.07 Å². The van der Waals surface area contributed by atoms with E-state index in [2.05, 4.69) is 28.2 Å². The van der Waals surface area contributed by atoms with Crippen LogP contribution in [-0.4, -0.2) is 30.7 Å². The molecule has 0 atom stereocenters. The van der Waals surface area contributed by atoms with Crippen molar-refractivity contribution in [3.63, 3.8) is 0 Å². The van der Waals surface area contributed by atoms with Crippen molar-refractivity contribution in [1.82, 2.24) is 10.3 Å². The number of nitrogens with one attached hydrogen (secondary N) is 1. The Morgan fingerprint density at radius 2 is 2.29 bits per heavy atom. The summed E-state index contributed by atoms with van der Waals surface area (Å²) in [5, 5.41) is 12.4. The van der Waals surface area contributed by atoms with Crippen LogP contribution in [0.25, 0.3) is 0 Å². The van der Waals surface area contributed by atoms with Gasteiger partial charge in [0.25, 0.3) is 0 Å². The fourth-order valence-corrected chi connectivity index (χ4v) is 2.05. The van der Waals surface area contributed by atoms with Crippen LogP contribution in [0.5, 0.6) is 0 Å². The standard InChI is InChI=1S/C13H18N4/c1-3-6-17(12-8-15-9-12)13-11(7-14)5-4-10(2)16-13/h4-5,12,15H,3,6,8-9H2,1-2H3. The van der Waals surface area contributed by atoms with Crippen LogP contribution in [0.1, 0.15) is 24.6 Å². The van der Waals surface area contributed by atoms with Gasteiger partial charge in [0.15, 0.2) is 0 Å². The summed E-state index contributed by atoms with van der Waals surface area (Å²) < 4.78 is 0. The normalized spacial score (nSPS) is 15.1. The van der Waals surface area contributed by atoms with E-state index in [1.807, 2.05) is 19.1 Å². The molecule has 1 aromatic rings. The molecule has 1 N–H and O–H groups in total. The Labute approximate surface area is 102 Å². The zero-order valence-corrected chi connectivity index (χ0v) is 10.4. The smallest absolute Gasteiger partial charge is 0.147 e. The van der Waals surface area contributed by atoms with Crippen LogP contribution < -0.4 is 10.2 Å². The first-order valence-electron chi connectivity index (χ1n) is 6.11. The summed E-state index contributed by atoms with van der Waals surface area (Å²) in [5.74, 6) is 0.848. The van der Waals surface area contributed by atoms with Gasteiger partial charge >= 0.3 is 0 Å². The summed E-state index contributed by atoms with van der Waals surface area (Å²) in [7, 11) is 0. The van der Waals surface area contributed by atoms with E-state index in [1.54, 1.807) is 0 Å². The van der Waals surface area contributed by atoms with E-state index in [4.69, 9.17) is 5.26 Å². The Morgan fingerprint density at radius 3 is 2.82 bits per heavy atom. The lowest BCUT2D eigenvalue weighted by Crippen LogP contribution is -2.58. The van der Waals surface area contributed by atoms with Gasteiger partial charge in [-0.05, 0) is 25.5 Å². The minimum Gasteiger partial charge on any atom is -0.350 e. The summed E-state index contributed by atoms with van der Waals surface area (Å²) in [6, 6.07) is 6.48. The van der Waals surface area contributed by atoms with Gasteiger partial charge in [0, 0.05) is 25.3 Å². The SMILES string of the molecule is CCCN(c1nc(C)ccc1C#N)C1CNC1. The minimum absolute atomic E-state index is 0.483. The molecule has 1 fully saturated rings. The topological polar surface area (TPSA) is 52.0 Å². The number of rotatable bonds is 4. The number of pyridine rings is 1. The Kier molecular flexibility index (Phi) is 3.60. The van der Waals surface area contributed by atoms with E-state index in [-0.39, 0.29) is 0 Å². The number of nitriles is 1. The predicted molar refractivity (Wildman–Crippen MR) is 68.0 cm³/mol. The molecular weight excluding hydrogens is 212 g/mol. The molecule has 90 valence electrons. The van der Waals surface area contributed by atoms with Crippen LogP contribution in [0.15, 0.2) is 12.1 Å². The number of hydrogen-bond acceptors (Lipinski definition) is 4. The molecule has 2 heterocycles. The van der Waals surface area contributed by atoms with Crippen molar-refractivity contribution >= 4 is 5.82 Å². The second-order valence-corrected chi connectivity index (χ2v) is 4.44. The Hall–Kier alpha value is -1.60. The number of hydrogen-bond donors (Lipinski definition) is 1. The molecule has 1 aliphatic rings. The maximum atomic E-state index is 9.17. The van der Waals surface area contributed by atoms with E-state index in [9.17, 15) is 0 Å². The molecular formula is C13H18N4.